The summed E-state index contributed by atoms with van der Waals surface area (Å²) in [6.07, 6.45) is 4.17. The maximum atomic E-state index is 13.0. The Morgan fingerprint density at radius 3 is 2.39 bits per heavy atom. The van der Waals surface area contributed by atoms with Gasteiger partial charge >= 0.3 is 0 Å². The molecule has 4 rings (SSSR count). The molecule has 0 aromatic heterocycles. The van der Waals surface area contributed by atoms with Crippen LogP contribution in [-0.2, 0) is 20.7 Å². The van der Waals surface area contributed by atoms with Crippen LogP contribution in [0.25, 0.3) is 0 Å². The summed E-state index contributed by atoms with van der Waals surface area (Å²) >= 11 is 0. The molecule has 0 N–H and O–H groups in total. The Labute approximate surface area is 185 Å². The van der Waals surface area contributed by atoms with Crippen molar-refractivity contribution in [2.24, 2.45) is 5.41 Å². The average molecular weight is 430 g/mol. The second-order valence-electron chi connectivity index (χ2n) is 9.30. The largest absolute Gasteiger partial charge is 0.497 e. The van der Waals surface area contributed by atoms with E-state index in [4.69, 9.17) is 9.47 Å². The lowest BCUT2D eigenvalue weighted by Gasteiger charge is -2.39. The van der Waals surface area contributed by atoms with E-state index in [2.05, 4.69) is 11.9 Å². The lowest BCUT2D eigenvalue weighted by molar-refractivity contribution is -0.140. The lowest BCUT2D eigenvalue weighted by Crippen LogP contribution is -2.48. The number of amides is 2. The monoisotopic (exact) mass is 429 g/mol. The van der Waals surface area contributed by atoms with Crippen molar-refractivity contribution in [3.8, 4) is 5.75 Å². The van der Waals surface area contributed by atoms with Crippen LogP contribution in [0, 0.1) is 5.41 Å². The third-order valence-electron chi connectivity index (χ3n) is 7.31. The van der Waals surface area contributed by atoms with Gasteiger partial charge in [-0.25, -0.2) is 0 Å². The van der Waals surface area contributed by atoms with Gasteiger partial charge in [0.1, 0.15) is 5.75 Å². The van der Waals surface area contributed by atoms with Crippen molar-refractivity contribution in [1.29, 1.82) is 0 Å². The molecule has 31 heavy (non-hydrogen) atoms. The van der Waals surface area contributed by atoms with E-state index < -0.39 is 0 Å². The molecule has 3 saturated heterocycles. The van der Waals surface area contributed by atoms with Crippen LogP contribution < -0.4 is 4.74 Å². The number of nitrogens with zero attached hydrogens (tertiary/aromatic N) is 3. The fourth-order valence-electron chi connectivity index (χ4n) is 5.33. The number of aryl methyl sites for hydroxylation is 1. The van der Waals surface area contributed by atoms with Gasteiger partial charge in [-0.3, -0.25) is 14.5 Å². The predicted octanol–water partition coefficient (Wildman–Crippen LogP) is 1.80. The van der Waals surface area contributed by atoms with Crippen LogP contribution in [0.4, 0.5) is 0 Å². The minimum atomic E-state index is -0.0320. The summed E-state index contributed by atoms with van der Waals surface area (Å²) in [5, 5.41) is 0. The summed E-state index contributed by atoms with van der Waals surface area (Å²) in [4.78, 5) is 32.0. The smallest absolute Gasteiger partial charge is 0.240 e. The first kappa shape index (κ1) is 22.1. The number of likely N-dealkylation sites (N-methyl/N-ethyl adjacent to an activating group) is 1. The van der Waals surface area contributed by atoms with Crippen molar-refractivity contribution >= 4 is 11.8 Å². The zero-order valence-corrected chi connectivity index (χ0v) is 18.8. The Bertz CT molecular complexity index is 768. The first-order chi connectivity index (χ1) is 15.0. The number of hydrogen-bond acceptors (Lipinski definition) is 5. The Kier molecular flexibility index (Phi) is 6.82. The van der Waals surface area contributed by atoms with Gasteiger partial charge < -0.3 is 19.3 Å². The Morgan fingerprint density at radius 2 is 1.74 bits per heavy atom. The van der Waals surface area contributed by atoms with Gasteiger partial charge in [-0.05, 0) is 55.8 Å². The number of carbonyl (C=O) groups excluding carboxylic acids is 2. The van der Waals surface area contributed by atoms with Crippen molar-refractivity contribution < 1.29 is 19.1 Å². The number of likely N-dealkylation sites (tertiary alicyclic amines) is 2. The summed E-state index contributed by atoms with van der Waals surface area (Å²) in [6, 6.07) is 7.90. The summed E-state index contributed by atoms with van der Waals surface area (Å²) in [5.41, 5.74) is 1.32. The molecule has 0 saturated carbocycles. The molecule has 0 aliphatic carbocycles. The molecule has 3 fully saturated rings. The van der Waals surface area contributed by atoms with E-state index in [0.717, 1.165) is 56.6 Å². The van der Waals surface area contributed by atoms with Gasteiger partial charge in [0, 0.05) is 39.1 Å². The Hall–Kier alpha value is -2.12. The van der Waals surface area contributed by atoms with E-state index in [9.17, 15) is 9.59 Å². The Balaban J connectivity index is 1.26. The number of rotatable bonds is 5. The van der Waals surface area contributed by atoms with Crippen LogP contribution in [-0.4, -0.2) is 92.7 Å². The molecular formula is C24H35N3O4. The summed E-state index contributed by atoms with van der Waals surface area (Å²) in [5.74, 6) is 1.32. The maximum Gasteiger partial charge on any atom is 0.240 e. The minimum Gasteiger partial charge on any atom is -0.497 e. The Morgan fingerprint density at radius 1 is 1.06 bits per heavy atom. The standard InChI is InChI=1S/C24H35N3O4/c1-25-18-24(17-21(25)23(29)27-13-15-31-16-14-27)9-11-26(12-10-24)22(28)8-5-19-3-6-20(30-2)7-4-19/h3-4,6-7,21H,5,8-18H2,1-2H3. The zero-order valence-electron chi connectivity index (χ0n) is 18.8. The molecule has 7 heteroatoms. The van der Waals surface area contributed by atoms with Crippen LogP contribution in [0.5, 0.6) is 5.75 Å². The third kappa shape index (κ3) is 5.04. The first-order valence-electron chi connectivity index (χ1n) is 11.5. The van der Waals surface area contributed by atoms with E-state index >= 15 is 0 Å². The number of morpholine rings is 1. The molecule has 3 heterocycles. The van der Waals surface area contributed by atoms with Gasteiger partial charge in [-0.1, -0.05) is 12.1 Å². The predicted molar refractivity (Wildman–Crippen MR) is 118 cm³/mol. The maximum absolute atomic E-state index is 13.0. The quantitative estimate of drug-likeness (QED) is 0.714. The van der Waals surface area contributed by atoms with Gasteiger partial charge in [-0.15, -0.1) is 0 Å². The number of benzene rings is 1. The van der Waals surface area contributed by atoms with Gasteiger partial charge in [0.15, 0.2) is 0 Å². The van der Waals surface area contributed by atoms with Crippen molar-refractivity contribution in [3.05, 3.63) is 29.8 Å². The average Bonchev–Trinajstić information content (AvgIpc) is 3.13. The normalized spacial score (nSPS) is 23.9. The van der Waals surface area contributed by atoms with E-state index in [0.29, 0.717) is 32.7 Å². The van der Waals surface area contributed by atoms with E-state index in [1.165, 1.54) is 0 Å². The minimum absolute atomic E-state index is 0.0320. The molecule has 1 aromatic carbocycles. The molecule has 0 radical (unpaired) electrons. The summed E-state index contributed by atoms with van der Waals surface area (Å²) in [6.45, 7) is 5.23. The number of piperidine rings is 1. The molecule has 170 valence electrons. The second-order valence-corrected chi connectivity index (χ2v) is 9.30. The van der Waals surface area contributed by atoms with Gasteiger partial charge in [0.2, 0.25) is 11.8 Å². The summed E-state index contributed by atoms with van der Waals surface area (Å²) < 4.78 is 10.6. The zero-order chi connectivity index (χ0) is 21.8. The number of methoxy groups -OCH3 is 1. The van der Waals surface area contributed by atoms with Crippen molar-refractivity contribution in [3.63, 3.8) is 0 Å². The molecule has 0 bridgehead atoms. The van der Waals surface area contributed by atoms with E-state index in [1.807, 2.05) is 34.1 Å². The number of carbonyl (C=O) groups is 2. The number of hydrogen-bond donors (Lipinski definition) is 0. The van der Waals surface area contributed by atoms with Crippen LogP contribution in [0.15, 0.2) is 24.3 Å². The topological polar surface area (TPSA) is 62.3 Å². The van der Waals surface area contributed by atoms with Crippen LogP contribution in [0.1, 0.15) is 31.2 Å². The lowest BCUT2D eigenvalue weighted by atomic mass is 9.76. The SMILES string of the molecule is COc1ccc(CCC(=O)N2CCC3(CC2)CC(C(=O)N2CCOCC2)N(C)C3)cc1. The van der Waals surface area contributed by atoms with Crippen LogP contribution in [0.3, 0.4) is 0 Å². The summed E-state index contributed by atoms with van der Waals surface area (Å²) in [7, 11) is 3.73. The molecule has 1 unspecified atom stereocenters. The fraction of sp³-hybridized carbons (Fsp3) is 0.667. The highest BCUT2D eigenvalue weighted by Crippen LogP contribution is 2.43. The van der Waals surface area contributed by atoms with E-state index in [-0.39, 0.29) is 23.3 Å². The molecule has 1 spiro atoms. The molecule has 3 aliphatic heterocycles. The third-order valence-corrected chi connectivity index (χ3v) is 7.31. The highest BCUT2D eigenvalue weighted by atomic mass is 16.5. The molecule has 2 amide bonds. The second kappa shape index (κ2) is 9.57. The van der Waals surface area contributed by atoms with Crippen LogP contribution in [0.2, 0.25) is 0 Å². The van der Waals surface area contributed by atoms with Gasteiger partial charge in [-0.2, -0.15) is 0 Å². The molecular weight excluding hydrogens is 394 g/mol. The van der Waals surface area contributed by atoms with Crippen molar-refractivity contribution in [2.45, 2.75) is 38.1 Å². The van der Waals surface area contributed by atoms with E-state index in [1.54, 1.807) is 7.11 Å². The van der Waals surface area contributed by atoms with Crippen molar-refractivity contribution in [2.75, 3.05) is 60.1 Å². The van der Waals surface area contributed by atoms with Gasteiger partial charge in [0.05, 0.1) is 26.4 Å². The highest BCUT2D eigenvalue weighted by molar-refractivity contribution is 5.82. The molecule has 7 nitrogen and oxygen atoms in total. The van der Waals surface area contributed by atoms with Crippen molar-refractivity contribution in [1.82, 2.24) is 14.7 Å². The molecule has 1 aromatic rings. The molecule has 3 aliphatic rings. The molecule has 1 atom stereocenters. The fourth-order valence-corrected chi connectivity index (χ4v) is 5.33. The van der Waals surface area contributed by atoms with Gasteiger partial charge in [0.25, 0.3) is 0 Å². The van der Waals surface area contributed by atoms with Crippen LogP contribution >= 0.6 is 0 Å². The number of ether oxygens (including phenoxy) is 2. The first-order valence-corrected chi connectivity index (χ1v) is 11.5. The highest BCUT2D eigenvalue weighted by Gasteiger charge is 2.47.